The van der Waals surface area contributed by atoms with Crippen molar-refractivity contribution in [3.05, 3.63) is 23.5 Å². The molecule has 110 valence electrons. The van der Waals surface area contributed by atoms with Crippen LogP contribution in [0.25, 0.3) is 4.96 Å². The minimum atomic E-state index is 0.486. The summed E-state index contributed by atoms with van der Waals surface area (Å²) in [6.07, 6.45) is 8.87. The molecule has 0 saturated carbocycles. The highest BCUT2D eigenvalue weighted by atomic mass is 32.1. The second kappa shape index (κ2) is 6.70. The molecule has 2 aromatic heterocycles. The van der Waals surface area contributed by atoms with Crippen molar-refractivity contribution in [2.75, 3.05) is 19.8 Å². The molecular formula is C15H23N3OS. The molecule has 1 saturated heterocycles. The van der Waals surface area contributed by atoms with Crippen LogP contribution in [-0.2, 0) is 11.2 Å². The summed E-state index contributed by atoms with van der Waals surface area (Å²) in [5, 5.41) is 5.78. The Hall–Kier alpha value is -0.910. The third kappa shape index (κ3) is 3.22. The minimum absolute atomic E-state index is 0.486. The normalized spacial score (nSPS) is 21.4. The zero-order valence-electron chi connectivity index (χ0n) is 12.0. The van der Waals surface area contributed by atoms with Gasteiger partial charge in [-0.15, -0.1) is 11.3 Å². The quantitative estimate of drug-likeness (QED) is 0.890. The van der Waals surface area contributed by atoms with Gasteiger partial charge in [-0.3, -0.25) is 4.40 Å². The van der Waals surface area contributed by atoms with E-state index >= 15 is 0 Å². The zero-order chi connectivity index (χ0) is 13.8. The first-order valence-corrected chi connectivity index (χ1v) is 8.47. The van der Waals surface area contributed by atoms with E-state index in [1.165, 1.54) is 25.0 Å². The molecule has 0 amide bonds. The molecule has 0 radical (unpaired) electrons. The lowest BCUT2D eigenvalue weighted by Gasteiger charge is -2.30. The highest BCUT2D eigenvalue weighted by Gasteiger charge is 2.24. The summed E-state index contributed by atoms with van der Waals surface area (Å²) < 4.78 is 7.78. The molecular weight excluding hydrogens is 270 g/mol. The molecule has 0 aromatic carbocycles. The van der Waals surface area contributed by atoms with E-state index in [1.54, 1.807) is 11.3 Å². The molecule has 3 rings (SSSR count). The topological polar surface area (TPSA) is 38.6 Å². The second-order valence-electron chi connectivity index (χ2n) is 5.57. The first kappa shape index (κ1) is 14.0. The summed E-state index contributed by atoms with van der Waals surface area (Å²) in [6, 6.07) is 0.486. The van der Waals surface area contributed by atoms with Crippen molar-refractivity contribution in [2.24, 2.45) is 5.92 Å². The number of aromatic nitrogens is 2. The van der Waals surface area contributed by atoms with Gasteiger partial charge in [0.05, 0.1) is 12.3 Å². The average Bonchev–Trinajstić information content (AvgIpc) is 3.05. The number of imidazole rings is 1. The molecule has 20 heavy (non-hydrogen) atoms. The van der Waals surface area contributed by atoms with Crippen molar-refractivity contribution in [3.8, 4) is 0 Å². The van der Waals surface area contributed by atoms with Crippen LogP contribution in [0.15, 0.2) is 17.8 Å². The van der Waals surface area contributed by atoms with Crippen LogP contribution in [-0.4, -0.2) is 35.2 Å². The van der Waals surface area contributed by atoms with Crippen LogP contribution < -0.4 is 5.32 Å². The summed E-state index contributed by atoms with van der Waals surface area (Å²) in [7, 11) is 0. The zero-order valence-corrected chi connectivity index (χ0v) is 12.9. The summed E-state index contributed by atoms with van der Waals surface area (Å²) in [4.78, 5) is 5.81. The monoisotopic (exact) mass is 293 g/mol. The molecule has 1 aliphatic rings. The number of nitrogens with zero attached hydrogens (tertiary/aromatic N) is 2. The van der Waals surface area contributed by atoms with Crippen LogP contribution >= 0.6 is 11.3 Å². The lowest BCUT2D eigenvalue weighted by Crippen LogP contribution is -2.42. The van der Waals surface area contributed by atoms with Gasteiger partial charge in [-0.1, -0.05) is 6.92 Å². The van der Waals surface area contributed by atoms with Gasteiger partial charge in [0.2, 0.25) is 0 Å². The van der Waals surface area contributed by atoms with Crippen molar-refractivity contribution in [3.63, 3.8) is 0 Å². The van der Waals surface area contributed by atoms with Gasteiger partial charge in [0, 0.05) is 36.8 Å². The summed E-state index contributed by atoms with van der Waals surface area (Å²) in [6.45, 7) is 5.11. The number of fused-ring (bicyclic) bond motifs is 1. The number of ether oxygens (including phenoxy) is 1. The molecule has 0 aliphatic carbocycles. The molecule has 1 fully saturated rings. The average molecular weight is 293 g/mol. The van der Waals surface area contributed by atoms with Gasteiger partial charge in [-0.05, 0) is 31.7 Å². The molecule has 2 unspecified atom stereocenters. The molecule has 3 heterocycles. The van der Waals surface area contributed by atoms with Crippen molar-refractivity contribution >= 4 is 16.3 Å². The SMILES string of the molecule is CCCNC(Cc1cn2ccsc2n1)C1CCCOC1. The van der Waals surface area contributed by atoms with Crippen LogP contribution in [0.5, 0.6) is 0 Å². The molecule has 4 nitrogen and oxygen atoms in total. The van der Waals surface area contributed by atoms with Gasteiger partial charge >= 0.3 is 0 Å². The smallest absolute Gasteiger partial charge is 0.193 e. The predicted octanol–water partition coefficient (Wildman–Crippen LogP) is 2.73. The van der Waals surface area contributed by atoms with Crippen molar-refractivity contribution < 1.29 is 4.74 Å². The van der Waals surface area contributed by atoms with E-state index in [4.69, 9.17) is 9.72 Å². The van der Waals surface area contributed by atoms with E-state index in [1.807, 2.05) is 0 Å². The van der Waals surface area contributed by atoms with Crippen molar-refractivity contribution in [1.29, 1.82) is 0 Å². The Balaban J connectivity index is 1.69. The van der Waals surface area contributed by atoms with E-state index < -0.39 is 0 Å². The van der Waals surface area contributed by atoms with Crippen molar-refractivity contribution in [2.45, 2.75) is 38.6 Å². The Morgan fingerprint density at radius 2 is 2.55 bits per heavy atom. The summed E-state index contributed by atoms with van der Waals surface area (Å²) >= 11 is 1.70. The molecule has 0 bridgehead atoms. The molecule has 2 aromatic rings. The van der Waals surface area contributed by atoms with Gasteiger partial charge < -0.3 is 10.1 Å². The largest absolute Gasteiger partial charge is 0.381 e. The van der Waals surface area contributed by atoms with E-state index in [0.29, 0.717) is 12.0 Å². The van der Waals surface area contributed by atoms with Gasteiger partial charge in [0.15, 0.2) is 4.96 Å². The maximum absolute atomic E-state index is 5.66. The number of nitrogens with one attached hydrogen (secondary N) is 1. The number of hydrogen-bond acceptors (Lipinski definition) is 4. The Kier molecular flexibility index (Phi) is 4.70. The Morgan fingerprint density at radius 1 is 1.60 bits per heavy atom. The molecule has 0 spiro atoms. The van der Waals surface area contributed by atoms with Gasteiger partial charge in [-0.25, -0.2) is 4.98 Å². The van der Waals surface area contributed by atoms with Crippen LogP contribution in [0.3, 0.4) is 0 Å². The first-order chi connectivity index (χ1) is 9.86. The van der Waals surface area contributed by atoms with E-state index in [9.17, 15) is 0 Å². The minimum Gasteiger partial charge on any atom is -0.381 e. The third-order valence-electron chi connectivity index (χ3n) is 3.99. The molecule has 1 N–H and O–H groups in total. The predicted molar refractivity (Wildman–Crippen MR) is 82.4 cm³/mol. The van der Waals surface area contributed by atoms with Crippen LogP contribution in [0, 0.1) is 5.92 Å². The molecule has 5 heteroatoms. The van der Waals surface area contributed by atoms with Crippen LogP contribution in [0.4, 0.5) is 0 Å². The first-order valence-electron chi connectivity index (χ1n) is 7.59. The van der Waals surface area contributed by atoms with Crippen LogP contribution in [0.1, 0.15) is 31.9 Å². The van der Waals surface area contributed by atoms with Gasteiger partial charge in [0.1, 0.15) is 0 Å². The van der Waals surface area contributed by atoms with E-state index in [-0.39, 0.29) is 0 Å². The van der Waals surface area contributed by atoms with Gasteiger partial charge in [-0.2, -0.15) is 0 Å². The van der Waals surface area contributed by atoms with Crippen LogP contribution in [0.2, 0.25) is 0 Å². The fourth-order valence-corrected chi connectivity index (χ4v) is 3.64. The maximum atomic E-state index is 5.66. The fraction of sp³-hybridized carbons (Fsp3) is 0.667. The second-order valence-corrected chi connectivity index (χ2v) is 6.44. The number of hydrogen-bond donors (Lipinski definition) is 1. The lowest BCUT2D eigenvalue weighted by molar-refractivity contribution is 0.0392. The Labute approximate surface area is 124 Å². The van der Waals surface area contributed by atoms with E-state index in [2.05, 4.69) is 34.4 Å². The molecule has 1 aliphatic heterocycles. The highest BCUT2D eigenvalue weighted by Crippen LogP contribution is 2.21. The summed E-state index contributed by atoms with van der Waals surface area (Å²) in [5.74, 6) is 0.620. The van der Waals surface area contributed by atoms with Crippen molar-refractivity contribution in [1.82, 2.24) is 14.7 Å². The highest BCUT2D eigenvalue weighted by molar-refractivity contribution is 7.15. The number of rotatable bonds is 6. The Bertz CT molecular complexity index is 501. The molecule has 2 atom stereocenters. The van der Waals surface area contributed by atoms with Gasteiger partial charge in [0.25, 0.3) is 0 Å². The summed E-state index contributed by atoms with van der Waals surface area (Å²) in [5.41, 5.74) is 1.19. The Morgan fingerprint density at radius 3 is 3.30 bits per heavy atom. The fourth-order valence-electron chi connectivity index (χ4n) is 2.92. The van der Waals surface area contributed by atoms with E-state index in [0.717, 1.165) is 31.1 Å². The lowest BCUT2D eigenvalue weighted by atomic mass is 9.90. The number of thiazole rings is 1. The third-order valence-corrected chi connectivity index (χ3v) is 4.76. The maximum Gasteiger partial charge on any atom is 0.193 e. The standard InChI is InChI=1S/C15H23N3OS/c1-2-5-16-14(12-4-3-7-19-11-12)9-13-10-18-6-8-20-15(18)17-13/h6,8,10,12,14,16H,2-5,7,9,11H2,1H3.